The monoisotopic (exact) mass is 259 g/mol. The van der Waals surface area contributed by atoms with Crippen LogP contribution in [0.25, 0.3) is 0 Å². The average Bonchev–Trinajstić information content (AvgIpc) is 2.26. The van der Waals surface area contributed by atoms with Crippen molar-refractivity contribution in [3.8, 4) is 0 Å². The van der Waals surface area contributed by atoms with Gasteiger partial charge in [-0.3, -0.25) is 9.59 Å². The van der Waals surface area contributed by atoms with E-state index in [1.165, 1.54) is 4.90 Å². The zero-order chi connectivity index (χ0) is 14.1. The molecule has 0 saturated carbocycles. The number of carboxylic acid groups (broad SMARTS) is 1. The first-order valence-electron chi connectivity index (χ1n) is 5.95. The lowest BCUT2D eigenvalue weighted by Crippen LogP contribution is -2.48. The quantitative estimate of drug-likeness (QED) is 0.600. The molecule has 3 N–H and O–H groups in total. The van der Waals surface area contributed by atoms with Crippen LogP contribution in [-0.4, -0.2) is 53.6 Å². The Balaban J connectivity index is 4.26. The number of rotatable bonds is 7. The summed E-state index contributed by atoms with van der Waals surface area (Å²) in [5.74, 6) is -1.23. The second-order valence-electron chi connectivity index (χ2n) is 3.85. The molecule has 0 aromatic rings. The van der Waals surface area contributed by atoms with Crippen molar-refractivity contribution in [2.75, 3.05) is 19.6 Å². The van der Waals surface area contributed by atoms with Crippen LogP contribution < -0.4 is 10.6 Å². The van der Waals surface area contributed by atoms with Crippen molar-refractivity contribution in [3.63, 3.8) is 0 Å². The summed E-state index contributed by atoms with van der Waals surface area (Å²) in [5.41, 5.74) is 0. The number of nitrogens with one attached hydrogen (secondary N) is 2. The first-order chi connectivity index (χ1) is 8.42. The normalized spacial score (nSPS) is 11.5. The zero-order valence-corrected chi connectivity index (χ0v) is 11.0. The summed E-state index contributed by atoms with van der Waals surface area (Å²) in [4.78, 5) is 34.9. The summed E-state index contributed by atoms with van der Waals surface area (Å²) in [6.07, 6.45) is -0.123. The van der Waals surface area contributed by atoms with E-state index in [2.05, 4.69) is 10.6 Å². The largest absolute Gasteiger partial charge is 0.481 e. The average molecular weight is 259 g/mol. The van der Waals surface area contributed by atoms with Crippen LogP contribution in [0.1, 0.15) is 27.2 Å². The SMILES string of the molecule is CCNC(=O)CNC(=O)N(CC)C(C)CC(=O)O. The molecule has 0 fully saturated rings. The van der Waals surface area contributed by atoms with E-state index in [9.17, 15) is 14.4 Å². The highest BCUT2D eigenvalue weighted by Gasteiger charge is 2.20. The molecule has 0 spiro atoms. The lowest BCUT2D eigenvalue weighted by Gasteiger charge is -2.27. The van der Waals surface area contributed by atoms with Gasteiger partial charge in [-0.15, -0.1) is 0 Å². The summed E-state index contributed by atoms with van der Waals surface area (Å²) >= 11 is 0. The van der Waals surface area contributed by atoms with E-state index >= 15 is 0 Å². The maximum absolute atomic E-state index is 11.7. The predicted molar refractivity (Wildman–Crippen MR) is 66.2 cm³/mol. The van der Waals surface area contributed by atoms with Gasteiger partial charge in [0.15, 0.2) is 0 Å². The predicted octanol–water partition coefficient (Wildman–Crippen LogP) is 0.0172. The first-order valence-corrected chi connectivity index (χ1v) is 5.95. The highest BCUT2D eigenvalue weighted by molar-refractivity contribution is 5.84. The van der Waals surface area contributed by atoms with E-state index in [-0.39, 0.29) is 18.9 Å². The molecule has 0 saturated heterocycles. The van der Waals surface area contributed by atoms with Crippen LogP contribution >= 0.6 is 0 Å². The fraction of sp³-hybridized carbons (Fsp3) is 0.727. The molecule has 18 heavy (non-hydrogen) atoms. The highest BCUT2D eigenvalue weighted by Crippen LogP contribution is 2.03. The molecule has 3 amide bonds. The van der Waals surface area contributed by atoms with Crippen molar-refractivity contribution in [2.24, 2.45) is 0 Å². The third-order valence-corrected chi connectivity index (χ3v) is 2.38. The van der Waals surface area contributed by atoms with Crippen molar-refractivity contribution < 1.29 is 19.5 Å². The number of nitrogens with zero attached hydrogens (tertiary/aromatic N) is 1. The van der Waals surface area contributed by atoms with Gasteiger partial charge in [0.1, 0.15) is 0 Å². The number of likely N-dealkylation sites (N-methyl/N-ethyl adjacent to an activating group) is 1. The molecule has 0 radical (unpaired) electrons. The number of urea groups is 1. The summed E-state index contributed by atoms with van der Waals surface area (Å²) in [6.45, 7) is 5.97. The van der Waals surface area contributed by atoms with Crippen LogP contribution in [0.15, 0.2) is 0 Å². The molecule has 0 aliphatic rings. The van der Waals surface area contributed by atoms with Gasteiger partial charge in [-0.05, 0) is 20.8 Å². The Hall–Kier alpha value is -1.79. The van der Waals surface area contributed by atoms with Crippen LogP contribution in [-0.2, 0) is 9.59 Å². The minimum atomic E-state index is -0.961. The molecule has 0 aliphatic carbocycles. The summed E-state index contributed by atoms with van der Waals surface area (Å²) < 4.78 is 0. The molecular formula is C11H21N3O4. The first kappa shape index (κ1) is 16.2. The second kappa shape index (κ2) is 8.32. The van der Waals surface area contributed by atoms with Crippen LogP contribution in [0.5, 0.6) is 0 Å². The minimum Gasteiger partial charge on any atom is -0.481 e. The van der Waals surface area contributed by atoms with Crippen LogP contribution in [0.2, 0.25) is 0 Å². The molecule has 0 aromatic heterocycles. The van der Waals surface area contributed by atoms with E-state index in [0.29, 0.717) is 13.1 Å². The van der Waals surface area contributed by atoms with Crippen molar-refractivity contribution in [1.82, 2.24) is 15.5 Å². The Kier molecular flexibility index (Phi) is 7.50. The van der Waals surface area contributed by atoms with Crippen LogP contribution in [0.4, 0.5) is 4.79 Å². The Morgan fingerprint density at radius 2 is 1.83 bits per heavy atom. The van der Waals surface area contributed by atoms with Gasteiger partial charge in [0, 0.05) is 19.1 Å². The Morgan fingerprint density at radius 3 is 2.28 bits per heavy atom. The Bertz CT molecular complexity index is 307. The molecule has 104 valence electrons. The van der Waals surface area contributed by atoms with E-state index < -0.39 is 18.0 Å². The molecule has 7 nitrogen and oxygen atoms in total. The van der Waals surface area contributed by atoms with Crippen molar-refractivity contribution in [3.05, 3.63) is 0 Å². The molecular weight excluding hydrogens is 238 g/mol. The van der Waals surface area contributed by atoms with Crippen molar-refractivity contribution >= 4 is 17.9 Å². The second-order valence-corrected chi connectivity index (χ2v) is 3.85. The molecule has 0 aliphatic heterocycles. The maximum Gasteiger partial charge on any atom is 0.318 e. The van der Waals surface area contributed by atoms with Crippen LogP contribution in [0, 0.1) is 0 Å². The molecule has 1 unspecified atom stereocenters. The molecule has 1 atom stereocenters. The third kappa shape index (κ3) is 6.07. The Labute approximate surface area is 107 Å². The van der Waals surface area contributed by atoms with Gasteiger partial charge in [0.2, 0.25) is 5.91 Å². The number of carbonyl (C=O) groups excluding carboxylic acids is 2. The fourth-order valence-corrected chi connectivity index (χ4v) is 1.54. The van der Waals surface area contributed by atoms with Crippen molar-refractivity contribution in [2.45, 2.75) is 33.2 Å². The minimum absolute atomic E-state index is 0.108. The number of carboxylic acids is 1. The van der Waals surface area contributed by atoms with Gasteiger partial charge in [-0.2, -0.15) is 0 Å². The van der Waals surface area contributed by atoms with E-state index in [1.807, 2.05) is 0 Å². The molecule has 0 aromatic carbocycles. The number of hydrogen-bond donors (Lipinski definition) is 3. The lowest BCUT2D eigenvalue weighted by molar-refractivity contribution is -0.138. The number of hydrogen-bond acceptors (Lipinski definition) is 3. The molecule has 0 heterocycles. The number of amides is 3. The fourth-order valence-electron chi connectivity index (χ4n) is 1.54. The number of carbonyl (C=O) groups is 3. The maximum atomic E-state index is 11.7. The smallest absolute Gasteiger partial charge is 0.318 e. The molecule has 0 bridgehead atoms. The molecule has 0 rings (SSSR count). The van der Waals surface area contributed by atoms with Crippen LogP contribution in [0.3, 0.4) is 0 Å². The highest BCUT2D eigenvalue weighted by atomic mass is 16.4. The number of aliphatic carboxylic acids is 1. The zero-order valence-electron chi connectivity index (χ0n) is 11.0. The Morgan fingerprint density at radius 1 is 1.22 bits per heavy atom. The summed E-state index contributed by atoms with van der Waals surface area (Å²) in [5, 5.41) is 13.7. The standard InChI is InChI=1S/C11H21N3O4/c1-4-12-9(15)7-13-11(18)14(5-2)8(3)6-10(16)17/h8H,4-7H2,1-3H3,(H,12,15)(H,13,18)(H,16,17). The van der Waals surface area contributed by atoms with Gasteiger partial charge < -0.3 is 20.6 Å². The van der Waals surface area contributed by atoms with E-state index in [0.717, 1.165) is 0 Å². The van der Waals surface area contributed by atoms with Crippen molar-refractivity contribution in [1.29, 1.82) is 0 Å². The lowest BCUT2D eigenvalue weighted by atomic mass is 10.2. The summed E-state index contributed by atoms with van der Waals surface area (Å²) in [6, 6.07) is -0.848. The van der Waals surface area contributed by atoms with Gasteiger partial charge in [-0.25, -0.2) is 4.79 Å². The molecule has 7 heteroatoms. The van der Waals surface area contributed by atoms with E-state index in [4.69, 9.17) is 5.11 Å². The topological polar surface area (TPSA) is 98.7 Å². The van der Waals surface area contributed by atoms with Gasteiger partial charge >= 0.3 is 12.0 Å². The van der Waals surface area contributed by atoms with E-state index in [1.54, 1.807) is 20.8 Å². The van der Waals surface area contributed by atoms with Gasteiger partial charge in [-0.1, -0.05) is 0 Å². The summed E-state index contributed by atoms with van der Waals surface area (Å²) in [7, 11) is 0. The van der Waals surface area contributed by atoms with Gasteiger partial charge in [0.05, 0.1) is 13.0 Å². The van der Waals surface area contributed by atoms with Gasteiger partial charge in [0.25, 0.3) is 0 Å². The third-order valence-electron chi connectivity index (χ3n) is 2.38.